The lowest BCUT2D eigenvalue weighted by atomic mass is 9.95. The summed E-state index contributed by atoms with van der Waals surface area (Å²) in [5.41, 5.74) is 8.74. The normalized spacial score (nSPS) is 16.2. The van der Waals surface area contributed by atoms with Gasteiger partial charge in [0.25, 0.3) is 0 Å². The molecule has 2 aromatic rings. The third-order valence-corrected chi connectivity index (χ3v) is 4.20. The zero-order chi connectivity index (χ0) is 17.1. The fourth-order valence-corrected chi connectivity index (χ4v) is 2.84. The summed E-state index contributed by atoms with van der Waals surface area (Å²) in [5, 5.41) is 0. The van der Waals surface area contributed by atoms with Crippen molar-refractivity contribution < 1.29 is 14.3 Å². The lowest BCUT2D eigenvalue weighted by molar-refractivity contribution is -0.111. The van der Waals surface area contributed by atoms with Gasteiger partial charge in [0.2, 0.25) is 0 Å². The predicted molar refractivity (Wildman–Crippen MR) is 92.5 cm³/mol. The van der Waals surface area contributed by atoms with Gasteiger partial charge in [0.15, 0.2) is 11.5 Å². The average Bonchev–Trinajstić information content (AvgIpc) is 2.61. The molecule has 0 amide bonds. The van der Waals surface area contributed by atoms with Crippen LogP contribution in [0, 0.1) is 0 Å². The van der Waals surface area contributed by atoms with E-state index in [9.17, 15) is 4.79 Å². The number of hydrogen-bond acceptors (Lipinski definition) is 5. The Kier molecular flexibility index (Phi) is 4.42. The number of likely N-dealkylation sites (N-methyl/N-ethyl adjacent to an activating group) is 1. The number of aldehydes is 1. The molecule has 24 heavy (non-hydrogen) atoms. The van der Waals surface area contributed by atoms with Gasteiger partial charge in [0, 0.05) is 12.6 Å². The molecule has 2 aromatic carbocycles. The van der Waals surface area contributed by atoms with Crippen LogP contribution in [0.5, 0.6) is 11.5 Å². The fraction of sp³-hybridized carbons (Fsp3) is 0.211. The zero-order valence-corrected chi connectivity index (χ0v) is 13.7. The third kappa shape index (κ3) is 2.80. The van der Waals surface area contributed by atoms with Crippen molar-refractivity contribution in [2.45, 2.75) is 12.6 Å². The van der Waals surface area contributed by atoms with Crippen LogP contribution in [0.4, 0.5) is 0 Å². The van der Waals surface area contributed by atoms with E-state index in [1.54, 1.807) is 19.1 Å². The van der Waals surface area contributed by atoms with E-state index in [2.05, 4.69) is 0 Å². The first-order valence-electron chi connectivity index (χ1n) is 7.68. The fourth-order valence-electron chi connectivity index (χ4n) is 2.84. The van der Waals surface area contributed by atoms with Crippen molar-refractivity contribution in [3.63, 3.8) is 0 Å². The number of benzene rings is 2. The Morgan fingerprint density at radius 1 is 1.21 bits per heavy atom. The average molecular weight is 324 g/mol. The van der Waals surface area contributed by atoms with Crippen molar-refractivity contribution in [3.8, 4) is 11.5 Å². The summed E-state index contributed by atoms with van der Waals surface area (Å²) in [6.45, 7) is 0.437. The van der Waals surface area contributed by atoms with E-state index in [4.69, 9.17) is 15.2 Å². The number of nitrogens with two attached hydrogens (primary N) is 1. The van der Waals surface area contributed by atoms with E-state index in [0.717, 1.165) is 23.0 Å². The predicted octanol–water partition coefficient (Wildman–Crippen LogP) is 2.72. The summed E-state index contributed by atoms with van der Waals surface area (Å²) >= 11 is 0. The van der Waals surface area contributed by atoms with Crippen LogP contribution in [0.2, 0.25) is 0 Å². The highest BCUT2D eigenvalue weighted by molar-refractivity contribution is 5.76. The number of carbonyl (C=O) groups is 1. The Morgan fingerprint density at radius 2 is 1.96 bits per heavy atom. The molecule has 0 aromatic heterocycles. The molecule has 1 heterocycles. The molecule has 0 spiro atoms. The smallest absolute Gasteiger partial charge is 0.168 e. The van der Waals surface area contributed by atoms with Crippen LogP contribution < -0.4 is 15.2 Å². The molecular formula is C19H20N2O3. The molecular weight excluding hydrogens is 304 g/mol. The second-order valence-corrected chi connectivity index (χ2v) is 5.64. The largest absolute Gasteiger partial charge is 0.492 e. The van der Waals surface area contributed by atoms with Crippen LogP contribution in [-0.2, 0) is 11.4 Å². The monoisotopic (exact) mass is 324 g/mol. The minimum atomic E-state index is -0.429. The summed E-state index contributed by atoms with van der Waals surface area (Å²) in [7, 11) is 3.38. The molecule has 0 bridgehead atoms. The van der Waals surface area contributed by atoms with Crippen molar-refractivity contribution in [1.29, 1.82) is 0 Å². The minimum absolute atomic E-state index is 0.429. The molecule has 3 rings (SSSR count). The number of carbonyl (C=O) groups excluding carboxylic acids is 1. The Bertz CT molecular complexity index is 772. The van der Waals surface area contributed by atoms with Crippen molar-refractivity contribution in [2.24, 2.45) is 5.73 Å². The summed E-state index contributed by atoms with van der Waals surface area (Å²) in [4.78, 5) is 13.2. The van der Waals surface area contributed by atoms with E-state index < -0.39 is 6.04 Å². The first-order chi connectivity index (χ1) is 11.7. The summed E-state index contributed by atoms with van der Waals surface area (Å²) in [5.74, 6) is 1.72. The first-order valence-corrected chi connectivity index (χ1v) is 7.68. The first kappa shape index (κ1) is 15.9. The molecule has 1 aliphatic rings. The number of fused-ring (bicyclic) bond motifs is 1. The van der Waals surface area contributed by atoms with Gasteiger partial charge < -0.3 is 24.9 Å². The molecule has 1 unspecified atom stereocenters. The topological polar surface area (TPSA) is 64.8 Å². The Labute approximate surface area is 141 Å². The number of methoxy groups -OCH3 is 1. The van der Waals surface area contributed by atoms with Crippen molar-refractivity contribution in [2.75, 3.05) is 14.2 Å². The lowest BCUT2D eigenvalue weighted by Crippen LogP contribution is -2.32. The highest BCUT2D eigenvalue weighted by Crippen LogP contribution is 2.41. The molecule has 1 aliphatic heterocycles. The maximum Gasteiger partial charge on any atom is 0.168 e. The van der Waals surface area contributed by atoms with Crippen LogP contribution in [0.25, 0.3) is 6.08 Å². The number of hydrogen-bond donors (Lipinski definition) is 1. The second-order valence-electron chi connectivity index (χ2n) is 5.64. The van der Waals surface area contributed by atoms with E-state index in [1.807, 2.05) is 48.5 Å². The summed E-state index contributed by atoms with van der Waals surface area (Å²) < 4.78 is 11.5. The highest BCUT2D eigenvalue weighted by atomic mass is 16.5. The Hall–Kier alpha value is -2.95. The van der Waals surface area contributed by atoms with E-state index in [0.29, 0.717) is 23.9 Å². The number of ether oxygens (including phenoxy) is 2. The van der Waals surface area contributed by atoms with E-state index in [-0.39, 0.29) is 0 Å². The van der Waals surface area contributed by atoms with Crippen molar-refractivity contribution in [1.82, 2.24) is 4.90 Å². The van der Waals surface area contributed by atoms with Gasteiger partial charge in [0.1, 0.15) is 18.9 Å². The van der Waals surface area contributed by atoms with Crippen LogP contribution in [0.15, 0.2) is 48.3 Å². The quantitative estimate of drug-likeness (QED) is 0.857. The van der Waals surface area contributed by atoms with Crippen LogP contribution in [-0.4, -0.2) is 25.3 Å². The summed E-state index contributed by atoms with van der Waals surface area (Å²) in [6.07, 6.45) is 2.69. The highest BCUT2D eigenvalue weighted by Gasteiger charge is 2.28. The maximum absolute atomic E-state index is 11.5. The number of rotatable bonds is 5. The second kappa shape index (κ2) is 6.66. The molecule has 0 radical (unpaired) electrons. The standard InChI is InChI=1S/C19H20N2O3/c1-21-16(11-22)14-8-9-17(19(23-2)15(14)10-18(21)20)24-12-13-6-4-3-5-7-13/h3-11,16H,12,20H2,1-2H3. The van der Waals surface area contributed by atoms with Gasteiger partial charge in [-0.2, -0.15) is 0 Å². The van der Waals surface area contributed by atoms with E-state index in [1.165, 1.54) is 0 Å². The van der Waals surface area contributed by atoms with Crippen LogP contribution >= 0.6 is 0 Å². The van der Waals surface area contributed by atoms with Gasteiger partial charge in [0.05, 0.1) is 12.9 Å². The lowest BCUT2D eigenvalue weighted by Gasteiger charge is -2.32. The Balaban J connectivity index is 1.96. The van der Waals surface area contributed by atoms with Crippen LogP contribution in [0.1, 0.15) is 22.7 Å². The Morgan fingerprint density at radius 3 is 2.62 bits per heavy atom. The molecule has 5 heteroatoms. The van der Waals surface area contributed by atoms with Gasteiger partial charge in [-0.25, -0.2) is 0 Å². The molecule has 0 fully saturated rings. The van der Waals surface area contributed by atoms with Gasteiger partial charge in [-0.15, -0.1) is 0 Å². The maximum atomic E-state index is 11.5. The minimum Gasteiger partial charge on any atom is -0.492 e. The van der Waals surface area contributed by atoms with Gasteiger partial charge in [-0.3, -0.25) is 0 Å². The summed E-state index contributed by atoms with van der Waals surface area (Å²) in [6, 6.07) is 13.2. The number of nitrogens with zero attached hydrogens (tertiary/aromatic N) is 1. The molecule has 2 N–H and O–H groups in total. The zero-order valence-electron chi connectivity index (χ0n) is 13.7. The molecule has 1 atom stereocenters. The molecule has 0 saturated heterocycles. The van der Waals surface area contributed by atoms with Gasteiger partial charge >= 0.3 is 0 Å². The van der Waals surface area contributed by atoms with Crippen molar-refractivity contribution >= 4 is 12.4 Å². The molecule has 5 nitrogen and oxygen atoms in total. The molecule has 0 saturated carbocycles. The molecule has 124 valence electrons. The SMILES string of the molecule is COc1c(OCc2ccccc2)ccc2c1C=C(N)N(C)C2C=O. The van der Waals surface area contributed by atoms with Crippen LogP contribution in [0.3, 0.4) is 0 Å². The van der Waals surface area contributed by atoms with Gasteiger partial charge in [-0.1, -0.05) is 36.4 Å². The van der Waals surface area contributed by atoms with Gasteiger partial charge in [-0.05, 0) is 23.3 Å². The van der Waals surface area contributed by atoms with E-state index >= 15 is 0 Å². The third-order valence-electron chi connectivity index (χ3n) is 4.20. The molecule has 0 aliphatic carbocycles. The van der Waals surface area contributed by atoms with Crippen molar-refractivity contribution in [3.05, 3.63) is 65.0 Å².